The van der Waals surface area contributed by atoms with Gasteiger partial charge in [0.25, 0.3) is 0 Å². The van der Waals surface area contributed by atoms with Crippen molar-refractivity contribution >= 4 is 50.6 Å². The number of hydrogen-bond acceptors (Lipinski definition) is 4. The minimum absolute atomic E-state index is 0.0953. The summed E-state index contributed by atoms with van der Waals surface area (Å²) in [5, 5.41) is 1.12. The van der Waals surface area contributed by atoms with Crippen molar-refractivity contribution in [3.63, 3.8) is 0 Å². The van der Waals surface area contributed by atoms with Gasteiger partial charge in [-0.3, -0.25) is 0 Å². The van der Waals surface area contributed by atoms with Crippen molar-refractivity contribution < 1.29 is 17.0 Å². The average molecular weight is 768 g/mol. The molecule has 5 aromatic carbocycles. The summed E-state index contributed by atoms with van der Waals surface area (Å²) in [4.78, 5) is 13.5. The summed E-state index contributed by atoms with van der Waals surface area (Å²) in [6, 6.07) is 31.4. The van der Waals surface area contributed by atoms with Crippen LogP contribution >= 0.6 is 0 Å². The molecular formula is C46H45FGeN4O. The number of aryl methyl sites for hydroxylation is 2. The molecule has 8 aromatic rings. The van der Waals surface area contributed by atoms with E-state index in [1.54, 1.807) is 6.07 Å². The number of fused-ring (bicyclic) bond motifs is 4. The second-order valence-electron chi connectivity index (χ2n) is 15.4. The van der Waals surface area contributed by atoms with Crippen LogP contribution in [0, 0.1) is 19.5 Å². The molecule has 3 aromatic heterocycles. The molecule has 0 aliphatic rings. The average Bonchev–Trinajstić information content (AvgIpc) is 3.76. The number of hydrogen-bond donors (Lipinski definition) is 0. The number of rotatable bonds is 7. The number of halogens is 1. The zero-order valence-corrected chi connectivity index (χ0v) is 33.1. The van der Waals surface area contributed by atoms with Gasteiger partial charge in [0.1, 0.15) is 0 Å². The van der Waals surface area contributed by atoms with Crippen LogP contribution in [0.1, 0.15) is 70.3 Å². The number of nitrogens with zero attached hydrogens (tertiary/aromatic N) is 4. The number of benzene rings is 5. The van der Waals surface area contributed by atoms with Gasteiger partial charge < -0.3 is 4.42 Å². The molecule has 0 fully saturated rings. The standard InChI is InChI=1S/C46H45FGeN4O/c1-26(2)37-24-31(30-17-19-32(20-18-30)48(7,8)9)25-38(27(3)4)42(37)52-40-16-11-10-15-39(40)51-46(52)36-14-12-13-33-34-21-22-35(41(47)44(34)53-43(33)36)45-49-28(5)23-29(6)50-45/h10-27H,1-9H3/i5D3,6D3. The minimum atomic E-state index is -2.75. The Morgan fingerprint density at radius 3 is 1.98 bits per heavy atom. The first-order valence-electron chi connectivity index (χ1n) is 21.0. The summed E-state index contributed by atoms with van der Waals surface area (Å²) < 4.78 is 74.3. The van der Waals surface area contributed by atoms with Gasteiger partial charge in [-0.15, -0.1) is 0 Å². The Balaban J connectivity index is 1.36. The molecule has 0 bridgehead atoms. The SMILES string of the molecule is [2H]C([2H])([2H])c1cc(C([2H])([2H])[2H])nc(-c2ccc3c(oc4c(-c5nc6ccccc6n5-c5c(C(C)C)cc(-c6cc[c]([Ge]([CH3])([CH3])[CH3])cc6)cc5C(C)C)cccc43)c2F)n1. The molecule has 0 spiro atoms. The van der Waals surface area contributed by atoms with Crippen LogP contribution in [0.3, 0.4) is 0 Å². The monoisotopic (exact) mass is 768 g/mol. The minimum Gasteiger partial charge on any atom is -0.233 e. The molecule has 8 rings (SSSR count). The predicted octanol–water partition coefficient (Wildman–Crippen LogP) is 12.3. The van der Waals surface area contributed by atoms with Crippen molar-refractivity contribution in [2.24, 2.45) is 0 Å². The Morgan fingerprint density at radius 1 is 0.679 bits per heavy atom. The zero-order valence-electron chi connectivity index (χ0n) is 37.0. The van der Waals surface area contributed by atoms with Gasteiger partial charge in [0.15, 0.2) is 17.2 Å². The molecule has 0 atom stereocenters. The quantitative estimate of drug-likeness (QED) is 0.152. The first-order chi connectivity index (χ1) is 27.7. The molecule has 0 aliphatic carbocycles. The van der Waals surface area contributed by atoms with Gasteiger partial charge in [-0.2, -0.15) is 0 Å². The number of aromatic nitrogens is 4. The van der Waals surface area contributed by atoms with Crippen LogP contribution in [-0.4, -0.2) is 32.8 Å². The molecule has 53 heavy (non-hydrogen) atoms. The molecule has 0 aliphatic heterocycles. The third kappa shape index (κ3) is 6.07. The molecule has 0 saturated carbocycles. The number of para-hydroxylation sites is 3. The van der Waals surface area contributed by atoms with Crippen molar-refractivity contribution in [3.8, 4) is 39.6 Å². The normalized spacial score (nSPS) is 14.5. The van der Waals surface area contributed by atoms with Gasteiger partial charge in [-0.1, -0.05) is 18.2 Å². The van der Waals surface area contributed by atoms with E-state index in [-0.39, 0.29) is 28.8 Å². The zero-order chi connectivity index (χ0) is 42.3. The molecule has 7 heteroatoms. The molecule has 266 valence electrons. The van der Waals surface area contributed by atoms with Gasteiger partial charge >= 0.3 is 201 Å². The Hall–Kier alpha value is -5.08. The second-order valence-corrected chi connectivity index (χ2v) is 26.1. The van der Waals surface area contributed by atoms with Gasteiger partial charge in [0, 0.05) is 30.4 Å². The van der Waals surface area contributed by atoms with E-state index in [0.717, 1.165) is 39.5 Å². The van der Waals surface area contributed by atoms with Crippen LogP contribution < -0.4 is 4.40 Å². The summed E-state index contributed by atoms with van der Waals surface area (Å²) in [7, 11) is 0. The van der Waals surface area contributed by atoms with E-state index in [2.05, 4.69) is 102 Å². The summed E-state index contributed by atoms with van der Waals surface area (Å²) in [6.07, 6.45) is 0. The molecule has 0 radical (unpaired) electrons. The van der Waals surface area contributed by atoms with E-state index < -0.39 is 44.2 Å². The third-order valence-electron chi connectivity index (χ3n) is 10.1. The summed E-state index contributed by atoms with van der Waals surface area (Å²) in [5.74, 6) is 6.94. The van der Waals surface area contributed by atoms with Crippen LogP contribution in [0.2, 0.25) is 17.3 Å². The molecule has 5 nitrogen and oxygen atoms in total. The predicted molar refractivity (Wildman–Crippen MR) is 221 cm³/mol. The van der Waals surface area contributed by atoms with Gasteiger partial charge in [-0.25, -0.2) is 14.4 Å². The first-order valence-corrected chi connectivity index (χ1v) is 25.4. The Labute approximate surface area is 321 Å². The van der Waals surface area contributed by atoms with Crippen LogP contribution in [0.5, 0.6) is 0 Å². The van der Waals surface area contributed by atoms with Crippen LogP contribution in [0.4, 0.5) is 4.39 Å². The van der Waals surface area contributed by atoms with Crippen LogP contribution in [0.25, 0.3) is 72.6 Å². The van der Waals surface area contributed by atoms with Gasteiger partial charge in [0.2, 0.25) is 0 Å². The van der Waals surface area contributed by atoms with Crippen molar-refractivity contribution in [1.29, 1.82) is 0 Å². The Bertz CT molecular complexity index is 2860. The molecule has 0 N–H and O–H groups in total. The van der Waals surface area contributed by atoms with Crippen LogP contribution in [-0.2, 0) is 0 Å². The smallest absolute Gasteiger partial charge is 0.233 e. The molecule has 0 saturated heterocycles. The van der Waals surface area contributed by atoms with Crippen molar-refractivity contribution in [2.75, 3.05) is 0 Å². The number of imidazole rings is 1. The van der Waals surface area contributed by atoms with Crippen LogP contribution in [0.15, 0.2) is 101 Å². The van der Waals surface area contributed by atoms with E-state index >= 15 is 4.39 Å². The fourth-order valence-corrected chi connectivity index (χ4v) is 9.77. The summed E-state index contributed by atoms with van der Waals surface area (Å²) in [6.45, 7) is 3.34. The van der Waals surface area contributed by atoms with E-state index in [4.69, 9.17) is 17.6 Å². The fourth-order valence-electron chi connectivity index (χ4n) is 7.33. The Kier molecular flexibility index (Phi) is 7.03. The maximum atomic E-state index is 16.8. The van der Waals surface area contributed by atoms with Gasteiger partial charge in [-0.05, 0) is 31.9 Å². The van der Waals surface area contributed by atoms with E-state index in [0.29, 0.717) is 27.7 Å². The Morgan fingerprint density at radius 2 is 1.34 bits per heavy atom. The van der Waals surface area contributed by atoms with E-state index in [9.17, 15) is 0 Å². The molecule has 3 heterocycles. The van der Waals surface area contributed by atoms with E-state index in [1.165, 1.54) is 16.0 Å². The van der Waals surface area contributed by atoms with Gasteiger partial charge in [0.05, 0.1) is 5.56 Å². The molecule has 0 amide bonds. The topological polar surface area (TPSA) is 56.7 Å². The van der Waals surface area contributed by atoms with Crippen molar-refractivity contribution in [1.82, 2.24) is 19.5 Å². The summed E-state index contributed by atoms with van der Waals surface area (Å²) >= 11 is -2.01. The first kappa shape index (κ1) is 28.4. The summed E-state index contributed by atoms with van der Waals surface area (Å²) in [5.41, 5.74) is 7.21. The van der Waals surface area contributed by atoms with Crippen molar-refractivity contribution in [3.05, 3.63) is 125 Å². The van der Waals surface area contributed by atoms with E-state index in [1.807, 2.05) is 36.4 Å². The maximum absolute atomic E-state index is 16.8. The molecule has 0 unspecified atom stereocenters. The third-order valence-corrected chi connectivity index (χ3v) is 14.4. The second kappa shape index (κ2) is 13.1. The number of furan rings is 1. The molecular weight excluding hydrogens is 716 g/mol. The van der Waals surface area contributed by atoms with Crippen molar-refractivity contribution in [2.45, 2.75) is 70.5 Å². The fraction of sp³-hybridized carbons (Fsp3) is 0.239.